The van der Waals surface area contributed by atoms with Gasteiger partial charge in [-0.1, -0.05) is 29.8 Å². The number of ether oxygens (including phenoxy) is 1. The number of carboxylic acids is 1. The van der Waals surface area contributed by atoms with Gasteiger partial charge in [0.1, 0.15) is 0 Å². The first-order valence-corrected chi connectivity index (χ1v) is 10.9. The molecule has 0 aliphatic carbocycles. The number of carbonyl (C=O) groups excluding carboxylic acids is 1. The number of carboxylic acid groups (broad SMARTS) is 1. The van der Waals surface area contributed by atoms with E-state index in [1.165, 1.54) is 0 Å². The van der Waals surface area contributed by atoms with Gasteiger partial charge in [0.25, 0.3) is 0 Å². The van der Waals surface area contributed by atoms with E-state index in [4.69, 9.17) is 4.74 Å². The normalized spacial score (nSPS) is 14.3. The SMILES string of the molecule is Cc1ccc(-c2c(C)c3c(c(C)c2C(OC(C)(C)C)C(=O)O)CN(C(=O)N(C)C)C3)cc1. The van der Waals surface area contributed by atoms with E-state index in [0.29, 0.717) is 18.7 Å². The van der Waals surface area contributed by atoms with Gasteiger partial charge in [0.2, 0.25) is 0 Å². The molecular formula is C26H34N2O4. The van der Waals surface area contributed by atoms with E-state index < -0.39 is 17.7 Å². The minimum Gasteiger partial charge on any atom is -0.479 e. The van der Waals surface area contributed by atoms with Gasteiger partial charge >= 0.3 is 12.0 Å². The first-order chi connectivity index (χ1) is 14.8. The van der Waals surface area contributed by atoms with Gasteiger partial charge < -0.3 is 19.6 Å². The van der Waals surface area contributed by atoms with Gasteiger partial charge in [-0.15, -0.1) is 0 Å². The molecule has 1 unspecified atom stereocenters. The Labute approximate surface area is 190 Å². The lowest BCUT2D eigenvalue weighted by molar-refractivity contribution is -0.160. The Morgan fingerprint density at radius 2 is 1.53 bits per heavy atom. The maximum atomic E-state index is 12.7. The number of aryl methyl sites for hydroxylation is 1. The second-order valence-corrected chi connectivity index (χ2v) is 9.84. The van der Waals surface area contributed by atoms with Crippen molar-refractivity contribution in [2.24, 2.45) is 0 Å². The number of nitrogens with zero attached hydrogens (tertiary/aromatic N) is 2. The van der Waals surface area contributed by atoms with Crippen molar-refractivity contribution >= 4 is 12.0 Å². The van der Waals surface area contributed by atoms with E-state index >= 15 is 0 Å². The maximum absolute atomic E-state index is 12.7. The van der Waals surface area contributed by atoms with Crippen LogP contribution in [0.3, 0.4) is 0 Å². The fraction of sp³-hybridized carbons (Fsp3) is 0.462. The molecule has 1 heterocycles. The summed E-state index contributed by atoms with van der Waals surface area (Å²) < 4.78 is 6.09. The first kappa shape index (κ1) is 23.8. The monoisotopic (exact) mass is 438 g/mol. The zero-order valence-electron chi connectivity index (χ0n) is 20.4. The summed E-state index contributed by atoms with van der Waals surface area (Å²) in [5.41, 5.74) is 7.01. The summed E-state index contributed by atoms with van der Waals surface area (Å²) in [6, 6.07) is 8.06. The fourth-order valence-corrected chi connectivity index (χ4v) is 4.45. The molecule has 6 heteroatoms. The van der Waals surface area contributed by atoms with Crippen molar-refractivity contribution in [3.05, 3.63) is 57.6 Å². The lowest BCUT2D eigenvalue weighted by Crippen LogP contribution is -2.35. The van der Waals surface area contributed by atoms with Crippen LogP contribution in [0.4, 0.5) is 4.79 Å². The molecule has 1 aliphatic rings. The van der Waals surface area contributed by atoms with Gasteiger partial charge in [-0.3, -0.25) is 0 Å². The number of aliphatic carboxylic acids is 1. The molecule has 1 atom stereocenters. The molecule has 1 N–H and O–H groups in total. The fourth-order valence-electron chi connectivity index (χ4n) is 4.45. The smallest absolute Gasteiger partial charge is 0.337 e. The number of hydrogen-bond acceptors (Lipinski definition) is 3. The average molecular weight is 439 g/mol. The lowest BCUT2D eigenvalue weighted by atomic mass is 9.83. The first-order valence-electron chi connectivity index (χ1n) is 10.9. The zero-order valence-corrected chi connectivity index (χ0v) is 20.4. The number of amides is 2. The van der Waals surface area contributed by atoms with Gasteiger partial charge in [-0.25, -0.2) is 9.59 Å². The van der Waals surface area contributed by atoms with E-state index in [1.54, 1.807) is 23.9 Å². The Balaban J connectivity index is 2.29. The molecule has 172 valence electrons. The van der Waals surface area contributed by atoms with Crippen LogP contribution in [0.25, 0.3) is 11.1 Å². The Bertz CT molecular complexity index is 1050. The number of benzene rings is 2. The molecule has 0 radical (unpaired) electrons. The highest BCUT2D eigenvalue weighted by Gasteiger charge is 2.36. The molecule has 2 amide bonds. The van der Waals surface area contributed by atoms with Crippen LogP contribution in [0.1, 0.15) is 60.3 Å². The van der Waals surface area contributed by atoms with Crippen molar-refractivity contribution in [3.8, 4) is 11.1 Å². The second-order valence-electron chi connectivity index (χ2n) is 9.84. The molecule has 2 aromatic rings. The van der Waals surface area contributed by atoms with Gasteiger partial charge in [0.15, 0.2) is 6.10 Å². The summed E-state index contributed by atoms with van der Waals surface area (Å²) in [7, 11) is 3.48. The summed E-state index contributed by atoms with van der Waals surface area (Å²) in [5, 5.41) is 10.2. The zero-order chi connectivity index (χ0) is 24.0. The number of rotatable bonds is 4. The molecule has 32 heavy (non-hydrogen) atoms. The van der Waals surface area contributed by atoms with Crippen LogP contribution in [0, 0.1) is 20.8 Å². The van der Waals surface area contributed by atoms with Crippen LogP contribution in [-0.2, 0) is 22.6 Å². The predicted octanol–water partition coefficient (Wildman–Crippen LogP) is 5.22. The van der Waals surface area contributed by atoms with Crippen molar-refractivity contribution in [3.63, 3.8) is 0 Å². The Morgan fingerprint density at radius 1 is 1.00 bits per heavy atom. The summed E-state index contributed by atoms with van der Waals surface area (Å²) in [6.07, 6.45) is -1.12. The van der Waals surface area contributed by atoms with Crippen molar-refractivity contribution in [1.29, 1.82) is 0 Å². The standard InChI is InChI=1S/C26H34N2O4/c1-15-9-11-18(12-10-15)21-16(2)19-13-28(25(31)27(7)8)14-20(19)17(3)22(21)23(24(29)30)32-26(4,5)6/h9-12,23H,13-14H2,1-8H3,(H,29,30). The Morgan fingerprint density at radius 3 is 2.00 bits per heavy atom. The largest absolute Gasteiger partial charge is 0.479 e. The minimum absolute atomic E-state index is 0.0563. The highest BCUT2D eigenvalue weighted by atomic mass is 16.5. The number of urea groups is 1. The van der Waals surface area contributed by atoms with Crippen LogP contribution >= 0.6 is 0 Å². The third-order valence-corrected chi connectivity index (χ3v) is 5.97. The second kappa shape index (κ2) is 8.58. The molecule has 1 aliphatic heterocycles. The molecule has 2 aromatic carbocycles. The highest BCUT2D eigenvalue weighted by Crippen LogP contribution is 2.43. The van der Waals surface area contributed by atoms with E-state index in [1.807, 2.05) is 65.8 Å². The molecule has 0 aromatic heterocycles. The number of fused-ring (bicyclic) bond motifs is 1. The van der Waals surface area contributed by atoms with Crippen LogP contribution in [0.5, 0.6) is 0 Å². The molecular weight excluding hydrogens is 404 g/mol. The van der Waals surface area contributed by atoms with Gasteiger partial charge in [0, 0.05) is 32.7 Å². The van der Waals surface area contributed by atoms with Crippen LogP contribution in [-0.4, -0.2) is 46.6 Å². The number of hydrogen-bond donors (Lipinski definition) is 1. The van der Waals surface area contributed by atoms with Crippen LogP contribution in [0.2, 0.25) is 0 Å². The van der Waals surface area contributed by atoms with Crippen molar-refractivity contribution in [1.82, 2.24) is 9.80 Å². The summed E-state index contributed by atoms with van der Waals surface area (Å²) >= 11 is 0. The lowest BCUT2D eigenvalue weighted by Gasteiger charge is -2.29. The molecule has 6 nitrogen and oxygen atoms in total. The average Bonchev–Trinajstić information content (AvgIpc) is 3.14. The van der Waals surface area contributed by atoms with Crippen molar-refractivity contribution < 1.29 is 19.4 Å². The molecule has 0 saturated heterocycles. The van der Waals surface area contributed by atoms with Gasteiger partial charge in [0.05, 0.1) is 5.60 Å². The summed E-state index contributed by atoms with van der Waals surface area (Å²) in [6.45, 7) is 12.6. The Hall–Kier alpha value is -2.86. The quantitative estimate of drug-likeness (QED) is 0.711. The highest BCUT2D eigenvalue weighted by molar-refractivity contribution is 5.85. The van der Waals surface area contributed by atoms with E-state index in [9.17, 15) is 14.7 Å². The number of carbonyl (C=O) groups is 2. The molecule has 0 saturated carbocycles. The van der Waals surface area contributed by atoms with E-state index in [0.717, 1.165) is 38.9 Å². The molecule has 3 rings (SSSR count). The van der Waals surface area contributed by atoms with E-state index in [2.05, 4.69) is 0 Å². The molecule has 0 spiro atoms. The van der Waals surface area contributed by atoms with Crippen LogP contribution in [0.15, 0.2) is 24.3 Å². The Kier molecular flexibility index (Phi) is 6.38. The third-order valence-electron chi connectivity index (χ3n) is 5.97. The topological polar surface area (TPSA) is 70.1 Å². The minimum atomic E-state index is -1.12. The van der Waals surface area contributed by atoms with Gasteiger partial charge in [-0.2, -0.15) is 0 Å². The van der Waals surface area contributed by atoms with Crippen molar-refractivity contribution in [2.75, 3.05) is 14.1 Å². The maximum Gasteiger partial charge on any atom is 0.337 e. The molecule has 0 bridgehead atoms. The van der Waals surface area contributed by atoms with Gasteiger partial charge in [-0.05, 0) is 74.9 Å². The summed E-state index contributed by atoms with van der Waals surface area (Å²) in [5.74, 6) is -1.02. The van der Waals surface area contributed by atoms with Crippen molar-refractivity contribution in [2.45, 2.75) is 66.3 Å². The predicted molar refractivity (Wildman–Crippen MR) is 126 cm³/mol. The van der Waals surface area contributed by atoms with Crippen LogP contribution < -0.4 is 0 Å². The summed E-state index contributed by atoms with van der Waals surface area (Å²) in [4.78, 5) is 28.5. The molecule has 0 fully saturated rings. The third kappa shape index (κ3) is 4.51. The van der Waals surface area contributed by atoms with E-state index in [-0.39, 0.29) is 6.03 Å².